The number of carbonyl (C=O) groups is 1. The molecule has 2 N–H and O–H groups in total. The summed E-state index contributed by atoms with van der Waals surface area (Å²) < 4.78 is 10.5. The molecule has 0 aliphatic carbocycles. The quantitative estimate of drug-likeness (QED) is 0.437. The van der Waals surface area contributed by atoms with E-state index in [9.17, 15) is 9.90 Å². The molecule has 0 saturated carbocycles. The van der Waals surface area contributed by atoms with Gasteiger partial charge in [0, 0.05) is 38.1 Å². The number of benzene rings is 2. The van der Waals surface area contributed by atoms with Crippen LogP contribution >= 0.6 is 27.5 Å². The molecule has 3 aromatic rings. The van der Waals surface area contributed by atoms with Crippen molar-refractivity contribution in [1.82, 2.24) is 14.6 Å². The number of phenolic OH excluding ortho intramolecular Hbond substituents is 1. The summed E-state index contributed by atoms with van der Waals surface area (Å²) in [6, 6.07) is 11.5. The van der Waals surface area contributed by atoms with Gasteiger partial charge in [0.1, 0.15) is 22.1 Å². The number of carbonyl (C=O) groups excluding carboxylic acids is 1. The van der Waals surface area contributed by atoms with Crippen molar-refractivity contribution >= 4 is 49.3 Å². The van der Waals surface area contributed by atoms with E-state index in [1.807, 2.05) is 6.07 Å². The molecule has 1 aromatic heterocycles. The third kappa shape index (κ3) is 5.00. The average molecular weight is 519 g/mol. The molecule has 0 bridgehead atoms. The number of anilines is 1. The van der Waals surface area contributed by atoms with Gasteiger partial charge in [-0.15, -0.1) is 0 Å². The lowest BCUT2D eigenvalue weighted by atomic mass is 10.1. The van der Waals surface area contributed by atoms with Crippen LogP contribution in [0.3, 0.4) is 0 Å². The van der Waals surface area contributed by atoms with Gasteiger partial charge in [0.2, 0.25) is 0 Å². The summed E-state index contributed by atoms with van der Waals surface area (Å²) in [5.74, 6) is -0.0747. The highest BCUT2D eigenvalue weighted by atomic mass is 79.9. The Morgan fingerprint density at radius 2 is 1.97 bits per heavy atom. The molecule has 1 fully saturated rings. The van der Waals surface area contributed by atoms with E-state index in [0.717, 1.165) is 51.1 Å². The van der Waals surface area contributed by atoms with Gasteiger partial charge in [-0.1, -0.05) is 12.1 Å². The smallest absolute Gasteiger partial charge is 0.258 e. The van der Waals surface area contributed by atoms with E-state index in [1.54, 1.807) is 17.6 Å². The second kappa shape index (κ2) is 10.5. The molecule has 1 amide bonds. The zero-order chi connectivity index (χ0) is 22.5. The summed E-state index contributed by atoms with van der Waals surface area (Å²) in [6.45, 7) is 5.64. The molecule has 0 radical (unpaired) electrons. The fraction of sp³-hybridized carbons (Fsp3) is 0.391. The van der Waals surface area contributed by atoms with Crippen LogP contribution in [0.4, 0.5) is 5.00 Å². The summed E-state index contributed by atoms with van der Waals surface area (Å²) in [4.78, 5) is 17.4. The van der Waals surface area contributed by atoms with Gasteiger partial charge in [0.05, 0.1) is 17.1 Å². The minimum atomic E-state index is -0.328. The van der Waals surface area contributed by atoms with Crippen LogP contribution in [0.15, 0.2) is 40.9 Å². The number of nitrogens with zero attached hydrogens (tertiary/aromatic N) is 3. The molecular formula is C23H27BrN4O3S. The molecule has 9 heteroatoms. The number of nitrogens with one attached hydrogen (secondary N) is 1. The highest BCUT2D eigenvalue weighted by Gasteiger charge is 2.21. The van der Waals surface area contributed by atoms with Gasteiger partial charge in [-0.05, 0) is 71.1 Å². The SMILES string of the molecule is COc1c(Br)ccc(O)c1C(=O)NCCCCN1CCN(c2snc3ccccc23)CC1. The molecular weight excluding hydrogens is 492 g/mol. The number of piperazine rings is 1. The van der Waals surface area contributed by atoms with E-state index in [-0.39, 0.29) is 17.2 Å². The molecule has 4 rings (SSSR count). The summed E-state index contributed by atoms with van der Waals surface area (Å²) in [5.41, 5.74) is 1.24. The summed E-state index contributed by atoms with van der Waals surface area (Å²) >= 11 is 4.94. The van der Waals surface area contributed by atoms with E-state index in [0.29, 0.717) is 16.8 Å². The third-order valence-corrected chi connectivity index (χ3v) is 7.29. The number of aromatic hydroxyl groups is 1. The van der Waals surface area contributed by atoms with Crippen LogP contribution in [0.2, 0.25) is 0 Å². The minimum absolute atomic E-state index is 0.0888. The van der Waals surface area contributed by atoms with Crippen molar-refractivity contribution in [3.8, 4) is 11.5 Å². The zero-order valence-corrected chi connectivity index (χ0v) is 20.4. The Bertz CT molecular complexity index is 1080. The molecule has 170 valence electrons. The van der Waals surface area contributed by atoms with Crippen LogP contribution in [0.5, 0.6) is 11.5 Å². The van der Waals surface area contributed by atoms with E-state index in [4.69, 9.17) is 4.74 Å². The number of rotatable bonds is 8. The molecule has 2 heterocycles. The molecule has 1 aliphatic heterocycles. The first-order valence-electron chi connectivity index (χ1n) is 10.7. The van der Waals surface area contributed by atoms with Gasteiger partial charge in [-0.2, -0.15) is 4.37 Å². The Balaban J connectivity index is 1.19. The first-order valence-corrected chi connectivity index (χ1v) is 12.3. The molecule has 1 saturated heterocycles. The molecule has 7 nitrogen and oxygen atoms in total. The second-order valence-corrected chi connectivity index (χ2v) is 9.38. The van der Waals surface area contributed by atoms with E-state index in [1.165, 1.54) is 23.6 Å². The number of halogens is 1. The number of phenols is 1. The van der Waals surface area contributed by atoms with Gasteiger partial charge < -0.3 is 20.1 Å². The minimum Gasteiger partial charge on any atom is -0.507 e. The number of hydrogen-bond donors (Lipinski definition) is 2. The van der Waals surface area contributed by atoms with Crippen molar-refractivity contribution in [3.05, 3.63) is 46.4 Å². The molecule has 0 unspecified atom stereocenters. The first-order chi connectivity index (χ1) is 15.6. The Morgan fingerprint density at radius 3 is 2.75 bits per heavy atom. The first kappa shape index (κ1) is 22.8. The van der Waals surface area contributed by atoms with Crippen molar-refractivity contribution in [1.29, 1.82) is 0 Å². The average Bonchev–Trinajstić information content (AvgIpc) is 3.24. The molecule has 2 aromatic carbocycles. The highest BCUT2D eigenvalue weighted by Crippen LogP contribution is 2.35. The molecule has 1 aliphatic rings. The van der Waals surface area contributed by atoms with Gasteiger partial charge in [-0.25, -0.2) is 0 Å². The van der Waals surface area contributed by atoms with Crippen LogP contribution in [-0.2, 0) is 0 Å². The second-order valence-electron chi connectivity index (χ2n) is 7.77. The molecule has 0 atom stereocenters. The van der Waals surface area contributed by atoms with Gasteiger partial charge in [0.15, 0.2) is 0 Å². The van der Waals surface area contributed by atoms with Crippen molar-refractivity contribution < 1.29 is 14.6 Å². The Labute approximate surface area is 200 Å². The van der Waals surface area contributed by atoms with Crippen LogP contribution in [-0.4, -0.2) is 66.7 Å². The Kier molecular flexibility index (Phi) is 7.49. The fourth-order valence-electron chi connectivity index (χ4n) is 3.99. The zero-order valence-electron chi connectivity index (χ0n) is 18.0. The van der Waals surface area contributed by atoms with Crippen LogP contribution in [0.1, 0.15) is 23.2 Å². The lowest BCUT2D eigenvalue weighted by molar-refractivity contribution is 0.0946. The van der Waals surface area contributed by atoms with Crippen LogP contribution in [0.25, 0.3) is 10.9 Å². The number of hydrogen-bond acceptors (Lipinski definition) is 7. The van der Waals surface area contributed by atoms with E-state index >= 15 is 0 Å². The van der Waals surface area contributed by atoms with Crippen molar-refractivity contribution in [2.24, 2.45) is 0 Å². The number of unbranched alkanes of at least 4 members (excludes halogenated alkanes) is 1. The van der Waals surface area contributed by atoms with Gasteiger partial charge in [-0.3, -0.25) is 9.69 Å². The number of ether oxygens (including phenoxy) is 1. The topological polar surface area (TPSA) is 77.9 Å². The molecule has 32 heavy (non-hydrogen) atoms. The lowest BCUT2D eigenvalue weighted by Gasteiger charge is -2.35. The lowest BCUT2D eigenvalue weighted by Crippen LogP contribution is -2.46. The highest BCUT2D eigenvalue weighted by molar-refractivity contribution is 9.10. The molecule has 0 spiro atoms. The summed E-state index contributed by atoms with van der Waals surface area (Å²) in [6.07, 6.45) is 1.88. The van der Waals surface area contributed by atoms with Gasteiger partial charge in [0.25, 0.3) is 5.91 Å². The van der Waals surface area contributed by atoms with Crippen LogP contribution in [0, 0.1) is 0 Å². The van der Waals surface area contributed by atoms with Crippen molar-refractivity contribution in [2.45, 2.75) is 12.8 Å². The standard InChI is InChI=1S/C23H27BrN4O3S/c1-31-21-17(24)8-9-19(29)20(21)22(30)25-10-4-5-11-27-12-14-28(15-13-27)23-16-6-2-3-7-18(16)26-32-23/h2-3,6-9,29H,4-5,10-15H2,1H3,(H,25,30). The van der Waals surface area contributed by atoms with Crippen molar-refractivity contribution in [2.75, 3.05) is 51.3 Å². The number of fused-ring (bicyclic) bond motifs is 1. The fourth-order valence-corrected chi connectivity index (χ4v) is 5.40. The largest absolute Gasteiger partial charge is 0.507 e. The van der Waals surface area contributed by atoms with Crippen molar-refractivity contribution in [3.63, 3.8) is 0 Å². The Hall–Kier alpha value is -2.36. The maximum atomic E-state index is 12.5. The van der Waals surface area contributed by atoms with E-state index in [2.05, 4.69) is 53.6 Å². The monoisotopic (exact) mass is 518 g/mol. The Morgan fingerprint density at radius 1 is 1.19 bits per heavy atom. The number of methoxy groups -OCH3 is 1. The number of aromatic nitrogens is 1. The van der Waals surface area contributed by atoms with Gasteiger partial charge >= 0.3 is 0 Å². The summed E-state index contributed by atoms with van der Waals surface area (Å²) in [5, 5.41) is 15.5. The predicted molar refractivity (Wildman–Crippen MR) is 132 cm³/mol. The maximum Gasteiger partial charge on any atom is 0.258 e. The third-order valence-electron chi connectivity index (χ3n) is 5.73. The number of amides is 1. The predicted octanol–water partition coefficient (Wildman–Crippen LogP) is 4.11. The normalized spacial score (nSPS) is 14.6. The summed E-state index contributed by atoms with van der Waals surface area (Å²) in [7, 11) is 1.48. The van der Waals surface area contributed by atoms with E-state index < -0.39 is 0 Å². The van der Waals surface area contributed by atoms with Crippen LogP contribution < -0.4 is 15.0 Å². The maximum absolute atomic E-state index is 12.5.